The second-order valence-electron chi connectivity index (χ2n) is 3.33. The van der Waals surface area contributed by atoms with Crippen molar-refractivity contribution in [2.45, 2.75) is 26.3 Å². The summed E-state index contributed by atoms with van der Waals surface area (Å²) >= 11 is 0. The summed E-state index contributed by atoms with van der Waals surface area (Å²) in [7, 11) is 0. The van der Waals surface area contributed by atoms with Crippen LogP contribution in [-0.2, 0) is 6.54 Å². The first-order valence-corrected chi connectivity index (χ1v) is 4.02. The predicted octanol–water partition coefficient (Wildman–Crippen LogP) is 0.895. The third-order valence-corrected chi connectivity index (χ3v) is 2.06. The fourth-order valence-electron chi connectivity index (χ4n) is 1.26. The minimum atomic E-state index is 0.106. The number of aryl methyl sites for hydroxylation is 1. The van der Waals surface area contributed by atoms with Gasteiger partial charge in [0, 0.05) is 18.3 Å². The van der Waals surface area contributed by atoms with Crippen molar-refractivity contribution in [3.8, 4) is 0 Å². The maximum absolute atomic E-state index is 11.1. The van der Waals surface area contributed by atoms with Gasteiger partial charge in [0.05, 0.1) is 0 Å². The highest BCUT2D eigenvalue weighted by Gasteiger charge is 2.22. The molecule has 1 saturated carbocycles. The van der Waals surface area contributed by atoms with Gasteiger partial charge in [-0.25, -0.2) is 0 Å². The average Bonchev–Trinajstić information content (AvgIpc) is 2.64. The van der Waals surface area contributed by atoms with Gasteiger partial charge in [-0.3, -0.25) is 14.6 Å². The van der Waals surface area contributed by atoms with Crippen LogP contribution < -0.4 is 5.56 Å². The van der Waals surface area contributed by atoms with Gasteiger partial charge in [0.25, 0.3) is 5.56 Å². The number of nitrogens with zero attached hydrogens (tertiary/aromatic N) is 1. The lowest BCUT2D eigenvalue weighted by Crippen LogP contribution is -2.16. The molecule has 0 unspecified atom stereocenters. The summed E-state index contributed by atoms with van der Waals surface area (Å²) in [6, 6.07) is 1.64. The Morgan fingerprint density at radius 2 is 2.45 bits per heavy atom. The molecule has 1 aliphatic rings. The van der Waals surface area contributed by atoms with Gasteiger partial charge in [0.15, 0.2) is 0 Å². The van der Waals surface area contributed by atoms with Crippen LogP contribution in [0.5, 0.6) is 0 Å². The highest BCUT2D eigenvalue weighted by atomic mass is 16.1. The topological polar surface area (TPSA) is 37.8 Å². The van der Waals surface area contributed by atoms with Crippen LogP contribution in [0.3, 0.4) is 0 Å². The van der Waals surface area contributed by atoms with E-state index in [1.54, 1.807) is 10.7 Å². The molecule has 0 aromatic carbocycles. The molecule has 2 rings (SSSR count). The first-order valence-electron chi connectivity index (χ1n) is 4.02. The van der Waals surface area contributed by atoms with E-state index >= 15 is 0 Å². The smallest absolute Gasteiger partial charge is 0.266 e. The molecule has 1 aliphatic carbocycles. The lowest BCUT2D eigenvalue weighted by molar-refractivity contribution is 0.545. The molecule has 0 radical (unpaired) electrons. The van der Waals surface area contributed by atoms with Gasteiger partial charge in [-0.05, 0) is 25.7 Å². The zero-order chi connectivity index (χ0) is 7.84. The van der Waals surface area contributed by atoms with Crippen LogP contribution in [-0.4, -0.2) is 9.78 Å². The monoisotopic (exact) mass is 152 g/mol. The highest BCUT2D eigenvalue weighted by molar-refractivity contribution is 4.96. The second kappa shape index (κ2) is 2.26. The quantitative estimate of drug-likeness (QED) is 0.671. The van der Waals surface area contributed by atoms with E-state index in [0.29, 0.717) is 0 Å². The van der Waals surface area contributed by atoms with Gasteiger partial charge in [-0.1, -0.05) is 0 Å². The van der Waals surface area contributed by atoms with Crippen LogP contribution in [0.25, 0.3) is 0 Å². The Bertz CT molecular complexity index is 306. The Morgan fingerprint density at radius 3 is 2.91 bits per heavy atom. The number of H-pyrrole nitrogens is 1. The summed E-state index contributed by atoms with van der Waals surface area (Å²) in [6.07, 6.45) is 2.56. The lowest BCUT2D eigenvalue weighted by Gasteiger charge is -1.97. The number of aromatic amines is 1. The van der Waals surface area contributed by atoms with Crippen molar-refractivity contribution in [2.75, 3.05) is 0 Å². The molecule has 1 aromatic rings. The SMILES string of the molecule is Cc1cc(=O)n(CC2CC2)[nH]1. The predicted molar refractivity (Wildman–Crippen MR) is 42.5 cm³/mol. The molecule has 3 heteroatoms. The number of hydrogen-bond donors (Lipinski definition) is 1. The summed E-state index contributed by atoms with van der Waals surface area (Å²) in [4.78, 5) is 11.1. The molecule has 11 heavy (non-hydrogen) atoms. The van der Waals surface area contributed by atoms with Crippen LogP contribution in [0.15, 0.2) is 10.9 Å². The van der Waals surface area contributed by atoms with Crippen LogP contribution in [0, 0.1) is 12.8 Å². The lowest BCUT2D eigenvalue weighted by atomic mass is 10.4. The first kappa shape index (κ1) is 6.70. The third-order valence-electron chi connectivity index (χ3n) is 2.06. The fraction of sp³-hybridized carbons (Fsp3) is 0.625. The molecule has 1 heterocycles. The average molecular weight is 152 g/mol. The molecule has 1 N–H and O–H groups in total. The van der Waals surface area contributed by atoms with Gasteiger partial charge < -0.3 is 0 Å². The van der Waals surface area contributed by atoms with E-state index in [1.165, 1.54) is 12.8 Å². The van der Waals surface area contributed by atoms with Crippen molar-refractivity contribution in [2.24, 2.45) is 5.92 Å². The Labute approximate surface area is 65.0 Å². The first-order chi connectivity index (χ1) is 5.25. The van der Waals surface area contributed by atoms with Crippen LogP contribution >= 0.6 is 0 Å². The van der Waals surface area contributed by atoms with Crippen LogP contribution in [0.1, 0.15) is 18.5 Å². The van der Waals surface area contributed by atoms with E-state index in [4.69, 9.17) is 0 Å². The van der Waals surface area contributed by atoms with Gasteiger partial charge in [0.1, 0.15) is 0 Å². The Kier molecular flexibility index (Phi) is 1.37. The second-order valence-corrected chi connectivity index (χ2v) is 3.33. The zero-order valence-electron chi connectivity index (χ0n) is 6.63. The van der Waals surface area contributed by atoms with Gasteiger partial charge in [0.2, 0.25) is 0 Å². The van der Waals surface area contributed by atoms with Crippen LogP contribution in [0.2, 0.25) is 0 Å². The molecule has 0 saturated heterocycles. The molecule has 60 valence electrons. The summed E-state index contributed by atoms with van der Waals surface area (Å²) in [5, 5.41) is 3.02. The zero-order valence-corrected chi connectivity index (χ0v) is 6.63. The van der Waals surface area contributed by atoms with Crippen LogP contribution in [0.4, 0.5) is 0 Å². The van der Waals surface area contributed by atoms with Gasteiger partial charge in [-0.2, -0.15) is 0 Å². The number of rotatable bonds is 2. The van der Waals surface area contributed by atoms with E-state index in [1.807, 2.05) is 6.92 Å². The van der Waals surface area contributed by atoms with Crippen molar-refractivity contribution in [1.29, 1.82) is 0 Å². The summed E-state index contributed by atoms with van der Waals surface area (Å²) < 4.78 is 1.70. The fourth-order valence-corrected chi connectivity index (χ4v) is 1.26. The maximum atomic E-state index is 11.1. The van der Waals surface area contributed by atoms with Gasteiger partial charge >= 0.3 is 0 Å². The summed E-state index contributed by atoms with van der Waals surface area (Å²) in [5.41, 5.74) is 1.06. The molecule has 0 spiro atoms. The Hall–Kier alpha value is -0.990. The van der Waals surface area contributed by atoms with E-state index < -0.39 is 0 Å². The van der Waals surface area contributed by atoms with Gasteiger partial charge in [-0.15, -0.1) is 0 Å². The molecule has 3 nitrogen and oxygen atoms in total. The molecule has 1 fully saturated rings. The van der Waals surface area contributed by atoms with E-state index in [2.05, 4.69) is 5.10 Å². The van der Waals surface area contributed by atoms with Crippen molar-refractivity contribution in [1.82, 2.24) is 9.78 Å². The molecule has 0 bridgehead atoms. The maximum Gasteiger partial charge on any atom is 0.266 e. The minimum absolute atomic E-state index is 0.106. The molecule has 0 amide bonds. The molecule has 0 aliphatic heterocycles. The summed E-state index contributed by atoms with van der Waals surface area (Å²) in [5.74, 6) is 0.755. The standard InChI is InChI=1S/C8H12N2O/c1-6-4-8(11)10(9-6)5-7-2-3-7/h4,7,9H,2-3,5H2,1H3. The Morgan fingerprint density at radius 1 is 1.73 bits per heavy atom. The van der Waals surface area contributed by atoms with Crippen molar-refractivity contribution in [3.63, 3.8) is 0 Å². The summed E-state index contributed by atoms with van der Waals surface area (Å²) in [6.45, 7) is 2.79. The van der Waals surface area contributed by atoms with E-state index in [9.17, 15) is 4.79 Å². The van der Waals surface area contributed by atoms with Crippen molar-refractivity contribution >= 4 is 0 Å². The van der Waals surface area contributed by atoms with E-state index in [-0.39, 0.29) is 5.56 Å². The largest absolute Gasteiger partial charge is 0.300 e. The molecular formula is C8H12N2O. The van der Waals surface area contributed by atoms with Crippen molar-refractivity contribution < 1.29 is 0 Å². The number of hydrogen-bond acceptors (Lipinski definition) is 1. The molecule has 1 aromatic heterocycles. The highest BCUT2D eigenvalue weighted by Crippen LogP contribution is 2.29. The normalized spacial score (nSPS) is 17.2. The minimum Gasteiger partial charge on any atom is -0.300 e. The molecule has 0 atom stereocenters. The number of nitrogens with one attached hydrogen (secondary N) is 1. The van der Waals surface area contributed by atoms with Crippen molar-refractivity contribution in [3.05, 3.63) is 22.1 Å². The third kappa shape index (κ3) is 1.37. The molecular weight excluding hydrogens is 140 g/mol. The Balaban J connectivity index is 2.21. The number of aromatic nitrogens is 2. The van der Waals surface area contributed by atoms with E-state index in [0.717, 1.165) is 18.2 Å².